The number of aliphatic imine (C=N–C) groups is 1. The molecule has 3 aromatic carbocycles. The summed E-state index contributed by atoms with van der Waals surface area (Å²) in [5.74, 6) is 1.71. The number of amidine groups is 1. The predicted molar refractivity (Wildman–Crippen MR) is 122 cm³/mol. The molecule has 0 unspecified atom stereocenters. The average molecular weight is 414 g/mol. The van der Waals surface area contributed by atoms with Gasteiger partial charge in [-0.15, -0.1) is 0 Å². The lowest BCUT2D eigenvalue weighted by Crippen LogP contribution is -2.19. The maximum Gasteiger partial charge on any atom is 0.269 e. The fourth-order valence-corrected chi connectivity index (χ4v) is 3.35. The summed E-state index contributed by atoms with van der Waals surface area (Å²) in [4.78, 5) is 15.5. The van der Waals surface area contributed by atoms with Crippen LogP contribution in [0.25, 0.3) is 0 Å². The van der Waals surface area contributed by atoms with Crippen molar-refractivity contribution in [3.05, 3.63) is 99.1 Å². The Labute approximate surface area is 180 Å². The third-order valence-corrected chi connectivity index (χ3v) is 5.16. The molecule has 0 aliphatic carbocycles. The second kappa shape index (κ2) is 8.39. The number of nitro benzene ring substituents is 1. The molecule has 4 rings (SSSR count). The SMILES string of the molecule is COc1ccc(C2=Nc3ccc(C(C)C)cc3C(c3ccc([N+](=O)[O-])cc3)=NN2)cc1. The number of rotatable bonds is 5. The molecule has 0 radical (unpaired) electrons. The van der Waals surface area contributed by atoms with Crippen molar-refractivity contribution in [2.45, 2.75) is 19.8 Å². The van der Waals surface area contributed by atoms with Gasteiger partial charge in [-0.3, -0.25) is 15.5 Å². The van der Waals surface area contributed by atoms with Crippen LogP contribution in [0.1, 0.15) is 42.0 Å². The Hall–Kier alpha value is -4.00. The lowest BCUT2D eigenvalue weighted by Gasteiger charge is -2.12. The van der Waals surface area contributed by atoms with Gasteiger partial charge in [0.1, 0.15) is 5.75 Å². The number of methoxy groups -OCH3 is 1. The molecule has 1 aliphatic heterocycles. The van der Waals surface area contributed by atoms with Crippen molar-refractivity contribution in [2.75, 3.05) is 7.11 Å². The van der Waals surface area contributed by atoms with Crippen molar-refractivity contribution < 1.29 is 9.66 Å². The Balaban J connectivity index is 1.82. The highest BCUT2D eigenvalue weighted by Gasteiger charge is 2.19. The standard InChI is InChI=1S/C24H22N4O3/c1-15(2)18-8-13-22-21(14-18)23(16-4-9-19(10-5-16)28(29)30)26-27-24(25-22)17-6-11-20(31-3)12-7-17/h4-15H,1-3H3,(H,25,27). The van der Waals surface area contributed by atoms with Crippen molar-refractivity contribution >= 4 is 22.9 Å². The first-order chi connectivity index (χ1) is 15.0. The summed E-state index contributed by atoms with van der Waals surface area (Å²) in [6.07, 6.45) is 0. The first-order valence-electron chi connectivity index (χ1n) is 9.92. The van der Waals surface area contributed by atoms with E-state index in [2.05, 4.69) is 36.5 Å². The molecule has 1 aliphatic rings. The number of fused-ring (bicyclic) bond motifs is 1. The van der Waals surface area contributed by atoms with E-state index >= 15 is 0 Å². The minimum Gasteiger partial charge on any atom is -0.497 e. The summed E-state index contributed by atoms with van der Waals surface area (Å²) in [6.45, 7) is 4.26. The summed E-state index contributed by atoms with van der Waals surface area (Å²) < 4.78 is 5.24. The van der Waals surface area contributed by atoms with Gasteiger partial charge >= 0.3 is 0 Å². The molecule has 0 saturated carbocycles. The molecule has 0 spiro atoms. The topological polar surface area (TPSA) is 89.1 Å². The third kappa shape index (κ3) is 4.16. The zero-order chi connectivity index (χ0) is 22.0. The first-order valence-corrected chi connectivity index (χ1v) is 9.92. The van der Waals surface area contributed by atoms with Gasteiger partial charge in [0.05, 0.1) is 23.4 Å². The third-order valence-electron chi connectivity index (χ3n) is 5.16. The second-order valence-corrected chi connectivity index (χ2v) is 7.50. The van der Waals surface area contributed by atoms with Gasteiger partial charge in [-0.05, 0) is 60.0 Å². The average Bonchev–Trinajstić information content (AvgIpc) is 2.98. The lowest BCUT2D eigenvalue weighted by atomic mass is 9.94. The Bertz CT molecular complexity index is 1180. The molecule has 1 heterocycles. The summed E-state index contributed by atoms with van der Waals surface area (Å²) >= 11 is 0. The van der Waals surface area contributed by atoms with Gasteiger partial charge < -0.3 is 4.74 Å². The predicted octanol–water partition coefficient (Wildman–Crippen LogP) is 5.16. The lowest BCUT2D eigenvalue weighted by molar-refractivity contribution is -0.384. The summed E-state index contributed by atoms with van der Waals surface area (Å²) in [7, 11) is 1.62. The largest absolute Gasteiger partial charge is 0.497 e. The minimum absolute atomic E-state index is 0.0391. The van der Waals surface area contributed by atoms with Crippen LogP contribution < -0.4 is 10.2 Å². The van der Waals surface area contributed by atoms with E-state index in [0.717, 1.165) is 33.7 Å². The molecule has 0 atom stereocenters. The zero-order valence-corrected chi connectivity index (χ0v) is 17.5. The smallest absolute Gasteiger partial charge is 0.269 e. The Morgan fingerprint density at radius 3 is 2.26 bits per heavy atom. The summed E-state index contributed by atoms with van der Waals surface area (Å²) in [6, 6.07) is 20.1. The maximum atomic E-state index is 11.0. The van der Waals surface area contributed by atoms with E-state index < -0.39 is 4.92 Å². The van der Waals surface area contributed by atoms with Crippen LogP contribution in [0.15, 0.2) is 76.8 Å². The van der Waals surface area contributed by atoms with Crippen molar-refractivity contribution in [1.29, 1.82) is 0 Å². The van der Waals surface area contributed by atoms with Gasteiger partial charge in [0.25, 0.3) is 5.69 Å². The molecule has 0 aromatic heterocycles. The maximum absolute atomic E-state index is 11.0. The van der Waals surface area contributed by atoms with Crippen LogP contribution in [0.5, 0.6) is 5.75 Å². The van der Waals surface area contributed by atoms with Gasteiger partial charge in [-0.2, -0.15) is 5.10 Å². The molecule has 0 bridgehead atoms. The van der Waals surface area contributed by atoms with Crippen molar-refractivity contribution in [3.8, 4) is 5.75 Å². The number of nitrogens with zero attached hydrogens (tertiary/aromatic N) is 3. The fraction of sp³-hybridized carbons (Fsp3) is 0.167. The van der Waals surface area contributed by atoms with Crippen LogP contribution in [0.2, 0.25) is 0 Å². The van der Waals surface area contributed by atoms with Crippen molar-refractivity contribution in [2.24, 2.45) is 10.1 Å². The van der Waals surface area contributed by atoms with E-state index in [0.29, 0.717) is 17.5 Å². The highest BCUT2D eigenvalue weighted by Crippen LogP contribution is 2.30. The molecule has 0 saturated heterocycles. The number of ether oxygens (including phenoxy) is 1. The monoisotopic (exact) mass is 414 g/mol. The highest BCUT2D eigenvalue weighted by molar-refractivity contribution is 6.18. The fourth-order valence-electron chi connectivity index (χ4n) is 3.35. The summed E-state index contributed by atoms with van der Waals surface area (Å²) in [5.41, 5.74) is 8.25. The number of hydrogen-bond acceptors (Lipinski definition) is 6. The van der Waals surface area contributed by atoms with E-state index in [4.69, 9.17) is 9.73 Å². The number of hydrazone groups is 1. The molecule has 0 amide bonds. The molecule has 1 N–H and O–H groups in total. The Morgan fingerprint density at radius 2 is 1.65 bits per heavy atom. The van der Waals surface area contributed by atoms with Crippen molar-refractivity contribution in [1.82, 2.24) is 5.43 Å². The number of benzene rings is 3. The van der Waals surface area contributed by atoms with E-state index in [1.165, 1.54) is 12.1 Å². The molecule has 156 valence electrons. The quantitative estimate of drug-likeness (QED) is 0.461. The van der Waals surface area contributed by atoms with Crippen LogP contribution in [0.4, 0.5) is 11.4 Å². The highest BCUT2D eigenvalue weighted by atomic mass is 16.6. The molecule has 0 fully saturated rings. The van der Waals surface area contributed by atoms with Crippen LogP contribution in [-0.2, 0) is 0 Å². The van der Waals surface area contributed by atoms with Crippen molar-refractivity contribution in [3.63, 3.8) is 0 Å². The minimum atomic E-state index is -0.410. The Morgan fingerprint density at radius 1 is 0.968 bits per heavy atom. The first kappa shape index (κ1) is 20.3. The molecule has 7 heteroatoms. The zero-order valence-electron chi connectivity index (χ0n) is 17.5. The Kier molecular flexibility index (Phi) is 5.49. The van der Waals surface area contributed by atoms with E-state index in [1.54, 1.807) is 19.2 Å². The number of hydrogen-bond donors (Lipinski definition) is 1. The van der Waals surface area contributed by atoms with Crippen LogP contribution in [0, 0.1) is 10.1 Å². The molecule has 3 aromatic rings. The van der Waals surface area contributed by atoms with Crippen LogP contribution in [0.3, 0.4) is 0 Å². The van der Waals surface area contributed by atoms with Gasteiger partial charge in [0.15, 0.2) is 5.84 Å². The normalized spacial score (nSPS) is 12.9. The number of nitrogens with one attached hydrogen (secondary N) is 1. The second-order valence-electron chi connectivity index (χ2n) is 7.50. The van der Waals surface area contributed by atoms with Gasteiger partial charge in [-0.25, -0.2) is 4.99 Å². The van der Waals surface area contributed by atoms with E-state index in [1.807, 2.05) is 30.3 Å². The van der Waals surface area contributed by atoms with Gasteiger partial charge in [0.2, 0.25) is 0 Å². The molecular formula is C24H22N4O3. The number of non-ortho nitro benzene ring substituents is 1. The summed E-state index contributed by atoms with van der Waals surface area (Å²) in [5, 5.41) is 15.7. The van der Waals surface area contributed by atoms with Gasteiger partial charge in [-0.1, -0.05) is 19.9 Å². The molecular weight excluding hydrogens is 392 g/mol. The van der Waals surface area contributed by atoms with Crippen LogP contribution in [-0.4, -0.2) is 23.6 Å². The molecule has 7 nitrogen and oxygen atoms in total. The van der Waals surface area contributed by atoms with Gasteiger partial charge in [0, 0.05) is 28.8 Å². The van der Waals surface area contributed by atoms with E-state index in [-0.39, 0.29) is 5.69 Å². The number of nitro groups is 1. The molecule has 31 heavy (non-hydrogen) atoms. The van der Waals surface area contributed by atoms with E-state index in [9.17, 15) is 10.1 Å². The van der Waals surface area contributed by atoms with Crippen LogP contribution >= 0.6 is 0 Å².